The number of rotatable bonds is 4. The maximum absolute atomic E-state index is 9.90. The fourth-order valence-corrected chi connectivity index (χ4v) is 2.51. The number of aromatic hydroxyl groups is 2. The largest absolute Gasteiger partial charge is 0.507 e. The highest BCUT2D eigenvalue weighted by molar-refractivity contribution is 9.10. The Hall–Kier alpha value is -3.19. The van der Waals surface area contributed by atoms with Crippen molar-refractivity contribution < 1.29 is 15.2 Å². The molecule has 6 nitrogen and oxygen atoms in total. The minimum absolute atomic E-state index is 0.0437. The Morgan fingerprint density at radius 1 is 1.00 bits per heavy atom. The summed E-state index contributed by atoms with van der Waals surface area (Å²) in [5, 5.41) is 23.6. The number of aromatic nitrogens is 1. The van der Waals surface area contributed by atoms with Gasteiger partial charge in [0.15, 0.2) is 6.20 Å². The number of halogens is 1. The molecule has 1 heterocycles. The summed E-state index contributed by atoms with van der Waals surface area (Å²) in [6.07, 6.45) is 3.24. The van der Waals surface area contributed by atoms with E-state index in [9.17, 15) is 10.2 Å². The number of hydrogen-bond acceptors (Lipinski definition) is 4. The van der Waals surface area contributed by atoms with Crippen molar-refractivity contribution in [1.82, 2.24) is 5.43 Å². The summed E-state index contributed by atoms with van der Waals surface area (Å²) in [7, 11) is 0. The van der Waals surface area contributed by atoms with E-state index in [-0.39, 0.29) is 11.5 Å². The van der Waals surface area contributed by atoms with Crippen molar-refractivity contribution in [2.75, 3.05) is 0 Å². The number of aromatic amines is 1. The highest BCUT2D eigenvalue weighted by atomic mass is 79.9. The van der Waals surface area contributed by atoms with Crippen LogP contribution in [0.15, 0.2) is 81.4 Å². The van der Waals surface area contributed by atoms with Crippen molar-refractivity contribution >= 4 is 33.7 Å². The summed E-state index contributed by atoms with van der Waals surface area (Å²) >= 11 is 3.21. The molecule has 0 atom stereocenters. The van der Waals surface area contributed by atoms with Crippen molar-refractivity contribution in [1.29, 1.82) is 0 Å². The quantitative estimate of drug-likeness (QED) is 0.349. The van der Waals surface area contributed by atoms with Crippen LogP contribution in [0.5, 0.6) is 11.5 Å². The lowest BCUT2D eigenvalue weighted by Crippen LogP contribution is -2.26. The number of nitrogens with one attached hydrogen (secondary N) is 2. The summed E-state index contributed by atoms with van der Waals surface area (Å²) in [5.41, 5.74) is 4.87. The van der Waals surface area contributed by atoms with Gasteiger partial charge in [0.1, 0.15) is 11.5 Å². The first kappa shape index (κ1) is 17.6. The van der Waals surface area contributed by atoms with E-state index in [1.807, 2.05) is 48.5 Å². The molecule has 0 radical (unpaired) electrons. The maximum atomic E-state index is 9.90. The molecule has 0 saturated carbocycles. The van der Waals surface area contributed by atoms with Crippen LogP contribution in [-0.4, -0.2) is 22.3 Å². The molecule has 3 rings (SSSR count). The van der Waals surface area contributed by atoms with E-state index in [1.54, 1.807) is 12.3 Å². The molecule has 0 bridgehead atoms. The van der Waals surface area contributed by atoms with E-state index in [0.717, 1.165) is 11.4 Å². The van der Waals surface area contributed by atoms with Gasteiger partial charge >= 0.3 is 0 Å². The number of phenols is 2. The van der Waals surface area contributed by atoms with Gasteiger partial charge in [-0.2, -0.15) is 5.10 Å². The van der Waals surface area contributed by atoms with Crippen LogP contribution >= 0.6 is 15.9 Å². The molecule has 0 aliphatic carbocycles. The fraction of sp³-hybridized carbons (Fsp3) is 0. The second-order valence-corrected chi connectivity index (χ2v) is 6.16. The molecule has 0 fully saturated rings. The number of hydrogen-bond donors (Lipinski definition) is 3. The van der Waals surface area contributed by atoms with Crippen LogP contribution in [0.3, 0.4) is 0 Å². The highest BCUT2D eigenvalue weighted by Gasteiger charge is 2.10. The van der Waals surface area contributed by atoms with Gasteiger partial charge in [-0.1, -0.05) is 18.2 Å². The molecular weight excluding hydrogens is 396 g/mol. The number of H-pyrrole nitrogens is 1. The van der Waals surface area contributed by atoms with Gasteiger partial charge in [0.05, 0.1) is 16.4 Å². The average molecular weight is 412 g/mol. The van der Waals surface area contributed by atoms with Crippen LogP contribution in [-0.2, 0) is 0 Å². The van der Waals surface area contributed by atoms with Crippen LogP contribution in [0.25, 0.3) is 0 Å². The minimum atomic E-state index is -0.0796. The molecule has 3 aromatic rings. The number of nitrogens with zero attached hydrogens (tertiary/aromatic N) is 2. The van der Waals surface area contributed by atoms with E-state index < -0.39 is 0 Å². The smallest absolute Gasteiger partial charge is 0.248 e. The zero-order valence-electron chi connectivity index (χ0n) is 13.6. The number of phenolic OH excluding ortho intramolecular Hbond substituents is 2. The lowest BCUT2D eigenvalue weighted by molar-refractivity contribution is -0.380. The molecule has 0 saturated heterocycles. The van der Waals surface area contributed by atoms with Gasteiger partial charge < -0.3 is 10.2 Å². The standard InChI is InChI=1S/C19H15BrN4O2/c20-15-10-13(17(25)11-18(15)26)12-22-24-19(16-8-4-5-9-21-16)23-14-6-2-1-3-7-14/h1-12,25-26H,(H,23,24)/p+1. The number of para-hydroxylation sites is 1. The summed E-state index contributed by atoms with van der Waals surface area (Å²) in [6.45, 7) is 0. The molecule has 2 aromatic carbocycles. The molecule has 0 unspecified atom stereocenters. The monoisotopic (exact) mass is 411 g/mol. The van der Waals surface area contributed by atoms with Gasteiger partial charge in [0, 0.05) is 23.8 Å². The lowest BCUT2D eigenvalue weighted by atomic mass is 10.2. The van der Waals surface area contributed by atoms with Gasteiger partial charge in [0.25, 0.3) is 0 Å². The zero-order valence-corrected chi connectivity index (χ0v) is 15.2. The van der Waals surface area contributed by atoms with Crippen LogP contribution in [0.4, 0.5) is 5.69 Å². The predicted octanol–water partition coefficient (Wildman–Crippen LogP) is 3.38. The molecule has 1 aromatic heterocycles. The van der Waals surface area contributed by atoms with Gasteiger partial charge in [-0.15, -0.1) is 0 Å². The topological polar surface area (TPSA) is 91.3 Å². The Morgan fingerprint density at radius 2 is 1.77 bits per heavy atom. The number of hydrazone groups is 1. The number of pyridine rings is 1. The van der Waals surface area contributed by atoms with Crippen LogP contribution < -0.4 is 10.4 Å². The maximum Gasteiger partial charge on any atom is 0.248 e. The average Bonchev–Trinajstić information content (AvgIpc) is 2.66. The second-order valence-electron chi connectivity index (χ2n) is 5.30. The van der Waals surface area contributed by atoms with E-state index in [4.69, 9.17) is 0 Å². The van der Waals surface area contributed by atoms with E-state index in [2.05, 4.69) is 36.4 Å². The van der Waals surface area contributed by atoms with E-state index in [1.165, 1.54) is 12.3 Å². The molecule has 7 heteroatoms. The van der Waals surface area contributed by atoms with Crippen LogP contribution in [0.1, 0.15) is 11.3 Å². The first-order chi connectivity index (χ1) is 12.6. The Morgan fingerprint density at radius 3 is 2.50 bits per heavy atom. The molecule has 0 spiro atoms. The lowest BCUT2D eigenvalue weighted by Gasteiger charge is -2.04. The summed E-state index contributed by atoms with van der Waals surface area (Å²) < 4.78 is 0.464. The molecule has 26 heavy (non-hydrogen) atoms. The fourth-order valence-electron chi connectivity index (χ4n) is 2.15. The molecule has 4 N–H and O–H groups in total. The Kier molecular flexibility index (Phi) is 5.60. The van der Waals surface area contributed by atoms with Gasteiger partial charge in [0.2, 0.25) is 11.5 Å². The Bertz CT molecular complexity index is 945. The zero-order chi connectivity index (χ0) is 18.4. The van der Waals surface area contributed by atoms with Crippen molar-refractivity contribution in [2.24, 2.45) is 10.1 Å². The first-order valence-corrected chi connectivity index (χ1v) is 8.54. The van der Waals surface area contributed by atoms with E-state index >= 15 is 0 Å². The SMILES string of the molecule is Oc1cc(O)c(C=NNC(=Nc2ccccc2)c2cccc[nH+]2)cc1Br. The van der Waals surface area contributed by atoms with Gasteiger partial charge in [-0.25, -0.2) is 9.98 Å². The van der Waals surface area contributed by atoms with E-state index in [0.29, 0.717) is 15.9 Å². The van der Waals surface area contributed by atoms with Crippen molar-refractivity contribution in [3.8, 4) is 11.5 Å². The van der Waals surface area contributed by atoms with Crippen LogP contribution in [0.2, 0.25) is 0 Å². The van der Waals surface area contributed by atoms with Crippen molar-refractivity contribution in [3.05, 3.63) is 82.6 Å². The first-order valence-electron chi connectivity index (χ1n) is 7.75. The molecule has 0 amide bonds. The Balaban J connectivity index is 1.87. The van der Waals surface area contributed by atoms with Crippen molar-refractivity contribution in [2.45, 2.75) is 0 Å². The molecule has 130 valence electrons. The molecule has 0 aliphatic rings. The normalized spacial score (nSPS) is 11.7. The Labute approximate surface area is 158 Å². The predicted molar refractivity (Wildman–Crippen MR) is 104 cm³/mol. The van der Waals surface area contributed by atoms with Crippen LogP contribution in [0, 0.1) is 0 Å². The summed E-state index contributed by atoms with van der Waals surface area (Å²) in [6, 6.07) is 18.0. The third-order valence-corrected chi connectivity index (χ3v) is 4.07. The van der Waals surface area contributed by atoms with Crippen molar-refractivity contribution in [3.63, 3.8) is 0 Å². The number of amidine groups is 1. The minimum Gasteiger partial charge on any atom is -0.507 e. The molecular formula is C19H16BrN4O2+. The van der Waals surface area contributed by atoms with Gasteiger partial charge in [-0.05, 0) is 40.2 Å². The third kappa shape index (κ3) is 4.46. The summed E-state index contributed by atoms with van der Waals surface area (Å²) in [4.78, 5) is 7.67. The summed E-state index contributed by atoms with van der Waals surface area (Å²) in [5.74, 6) is 0.396. The second kappa shape index (κ2) is 8.26. The van der Waals surface area contributed by atoms with Gasteiger partial charge in [-0.3, -0.25) is 5.43 Å². The number of benzene rings is 2. The highest BCUT2D eigenvalue weighted by Crippen LogP contribution is 2.30. The number of aliphatic imine (C=N–C) groups is 1. The molecule has 0 aliphatic heterocycles. The third-order valence-electron chi connectivity index (χ3n) is 3.43.